The number of rotatable bonds is 1. The average molecular weight is 288 g/mol. The highest BCUT2D eigenvalue weighted by atomic mass is 16.6. The van der Waals surface area contributed by atoms with Crippen molar-refractivity contribution in [3.8, 4) is 0 Å². The van der Waals surface area contributed by atoms with Gasteiger partial charge in [-0.1, -0.05) is 0 Å². The van der Waals surface area contributed by atoms with Gasteiger partial charge in [0.25, 0.3) is 0 Å². The van der Waals surface area contributed by atoms with E-state index in [0.29, 0.717) is 0 Å². The van der Waals surface area contributed by atoms with Crippen LogP contribution in [0.1, 0.15) is 49.3 Å². The van der Waals surface area contributed by atoms with Gasteiger partial charge in [-0.05, 0) is 41.5 Å². The van der Waals surface area contributed by atoms with Gasteiger partial charge in [0.2, 0.25) is 0 Å². The van der Waals surface area contributed by atoms with Gasteiger partial charge in [-0.3, -0.25) is 4.90 Å². The summed E-state index contributed by atoms with van der Waals surface area (Å²) < 4.78 is 18.3. The van der Waals surface area contributed by atoms with Gasteiger partial charge in [-0.2, -0.15) is 0 Å². The predicted molar refractivity (Wildman–Crippen MR) is 73.2 cm³/mol. The minimum atomic E-state index is -1.16. The third-order valence-corrected chi connectivity index (χ3v) is 2.40. The van der Waals surface area contributed by atoms with Crippen LogP contribution in [-0.4, -0.2) is 52.0 Å². The largest absolute Gasteiger partial charge is 0.458 e. The molecule has 6 nitrogen and oxygen atoms in total. The number of aliphatic hydroxyl groups is 1. The third kappa shape index (κ3) is 5.00. The van der Waals surface area contributed by atoms with Crippen LogP contribution in [0, 0.1) is 0 Å². The van der Waals surface area contributed by atoms with Crippen molar-refractivity contribution in [3.05, 3.63) is 0 Å². The van der Waals surface area contributed by atoms with Crippen LogP contribution >= 0.6 is 0 Å². The number of hydrogen-bond donors (Lipinski definition) is 1. The van der Waals surface area contributed by atoms with Crippen LogP contribution in [0.3, 0.4) is 0 Å². The molecule has 116 valence electrons. The number of carbonyl (C=O) groups is 2. The zero-order valence-electron chi connectivity index (χ0n) is 14.0. The summed E-state index contributed by atoms with van der Waals surface area (Å²) in [5, 5.41) is 9.79. The van der Waals surface area contributed by atoms with Crippen molar-refractivity contribution in [2.75, 3.05) is 6.54 Å². The lowest BCUT2D eigenvalue weighted by Crippen LogP contribution is -2.45. The Labute approximate surface area is 121 Å². The number of carbonyl (C=O) groups excluding carboxylic acids is 2. The third-order valence-electron chi connectivity index (χ3n) is 2.40. The van der Waals surface area contributed by atoms with E-state index in [-0.39, 0.29) is 6.54 Å². The molecule has 1 fully saturated rings. The molecule has 3 atom stereocenters. The lowest BCUT2D eigenvalue weighted by atomic mass is 10.1. The van der Waals surface area contributed by atoms with E-state index in [9.17, 15) is 14.7 Å². The van der Waals surface area contributed by atoms with Gasteiger partial charge in [-0.25, -0.2) is 9.59 Å². The zero-order chi connectivity index (χ0) is 16.6. The minimum absolute atomic E-state index is 0.118. The molecule has 6 heteroatoms. The van der Waals surface area contributed by atoms with Gasteiger partial charge in [-0.15, -0.1) is 0 Å². The molecule has 0 aromatic heterocycles. The summed E-state index contributed by atoms with van der Waals surface area (Å²) in [4.78, 5) is 25.4. The summed E-state index contributed by atoms with van der Waals surface area (Å²) in [7, 11) is 0. The van der Waals surface area contributed by atoms with Gasteiger partial charge in [0.1, 0.15) is 17.2 Å². The number of nitrogens with zero attached hydrogens (tertiary/aromatic N) is 1. The average Bonchev–Trinajstić information content (AvgIpc) is 2.50. The number of aliphatic hydroxyl groups excluding tert-OH is 1. The molecule has 0 saturated carbocycles. The lowest BCUT2D eigenvalue weighted by Gasteiger charge is -2.29. The second kappa shape index (κ2) is 5.60. The molecule has 0 aromatic carbocycles. The maximum absolute atomic E-state index is 12.2. The fourth-order valence-electron chi connectivity index (χ4n) is 1.77. The second-order valence-electron chi connectivity index (χ2n) is 6.87. The van der Waals surface area contributed by atoms with Gasteiger partial charge in [0.05, 0.1) is 12.6 Å². The molecule has 1 N–H and O–H groups in total. The molecule has 0 spiro atoms. The topological polar surface area (TPSA) is 76.1 Å². The maximum atomic E-state index is 12.2. The Hall–Kier alpha value is -1.30. The van der Waals surface area contributed by atoms with Crippen molar-refractivity contribution in [1.29, 1.82) is 0 Å². The Morgan fingerprint density at radius 1 is 1.15 bits per heavy atom. The van der Waals surface area contributed by atoms with Gasteiger partial charge < -0.3 is 14.6 Å². The highest BCUT2D eigenvalue weighted by molar-refractivity contribution is 5.82. The summed E-state index contributed by atoms with van der Waals surface area (Å²) in [6, 6.07) is -1.16. The molecular weight excluding hydrogens is 262 g/mol. The van der Waals surface area contributed by atoms with Crippen molar-refractivity contribution >= 4 is 12.1 Å². The number of esters is 1. The highest BCUT2D eigenvalue weighted by Gasteiger charge is 2.42. The summed E-state index contributed by atoms with van der Waals surface area (Å²) in [5.74, 6) is -0.704. The molecule has 1 aliphatic heterocycles. The van der Waals surface area contributed by atoms with E-state index in [0.717, 1.165) is 4.90 Å². The smallest absolute Gasteiger partial charge is 0.411 e. The summed E-state index contributed by atoms with van der Waals surface area (Å²) in [6.45, 7) is 10.1. The number of amides is 1. The molecule has 0 radical (unpaired) electrons. The number of likely N-dealkylation sites (tertiary alicyclic amines) is 1. The van der Waals surface area contributed by atoms with E-state index < -0.39 is 41.8 Å². The first-order valence-electron chi connectivity index (χ1n) is 7.22. The molecule has 0 unspecified atom stereocenters. The van der Waals surface area contributed by atoms with Crippen molar-refractivity contribution in [1.82, 2.24) is 4.90 Å². The molecule has 20 heavy (non-hydrogen) atoms. The Morgan fingerprint density at radius 2 is 1.65 bits per heavy atom. The van der Waals surface area contributed by atoms with Crippen LogP contribution in [-0.2, 0) is 14.3 Å². The number of ether oxygens (including phenoxy) is 2. The normalized spacial score (nSPS) is 28.1. The summed E-state index contributed by atoms with van der Waals surface area (Å²) in [5.41, 5.74) is -1.45. The molecular formula is C14H25NO5. The molecule has 0 aromatic rings. The first kappa shape index (κ1) is 15.1. The summed E-state index contributed by atoms with van der Waals surface area (Å²) in [6.07, 6.45) is -2.98. The fourth-order valence-corrected chi connectivity index (χ4v) is 1.77. The first-order chi connectivity index (χ1) is 9.32. The Bertz CT molecular complexity index is 413. The monoisotopic (exact) mass is 288 g/mol. The van der Waals surface area contributed by atoms with E-state index >= 15 is 0 Å². The van der Waals surface area contributed by atoms with Crippen LogP contribution in [0.5, 0.6) is 0 Å². The molecule has 1 heterocycles. The fraction of sp³-hybridized carbons (Fsp3) is 0.857. The van der Waals surface area contributed by atoms with Gasteiger partial charge in [0, 0.05) is 7.77 Å². The van der Waals surface area contributed by atoms with Crippen LogP contribution in [0.2, 0.25) is 0 Å². The highest BCUT2D eigenvalue weighted by Crippen LogP contribution is 2.24. The Kier molecular flexibility index (Phi) is 4.22. The van der Waals surface area contributed by atoms with Gasteiger partial charge >= 0.3 is 12.1 Å². The van der Waals surface area contributed by atoms with Crippen LogP contribution in [0.4, 0.5) is 4.79 Å². The van der Waals surface area contributed by atoms with Crippen LogP contribution in [0.25, 0.3) is 0 Å². The molecule has 1 rings (SSSR count). The van der Waals surface area contributed by atoms with Crippen LogP contribution in [0.15, 0.2) is 0 Å². The Balaban J connectivity index is 2.91. The van der Waals surface area contributed by atoms with Crippen molar-refractivity contribution in [3.63, 3.8) is 0 Å². The van der Waals surface area contributed by atoms with Crippen LogP contribution < -0.4 is 0 Å². The first-order valence-corrected chi connectivity index (χ1v) is 6.64. The van der Waals surface area contributed by atoms with E-state index in [1.807, 2.05) is 0 Å². The molecule has 1 amide bonds. The molecule has 1 saturated heterocycles. The van der Waals surface area contributed by atoms with E-state index in [4.69, 9.17) is 10.8 Å². The SMILES string of the molecule is [2H][C@H]1[C@@H](C(=O)OC(C)(C)C)N(C(=O)OC(C)(C)C)C[C@@H]1O. The second-order valence-corrected chi connectivity index (χ2v) is 6.87. The maximum Gasteiger partial charge on any atom is 0.411 e. The number of β-amino-alcohol motifs (C(OH)–C–C–N with tert-alkyl or cyclic N) is 1. The quantitative estimate of drug-likeness (QED) is 0.743. The molecule has 0 aliphatic carbocycles. The van der Waals surface area contributed by atoms with E-state index in [2.05, 4.69) is 0 Å². The predicted octanol–water partition coefficient (Wildman–Crippen LogP) is 1.70. The molecule has 1 aliphatic rings. The van der Waals surface area contributed by atoms with E-state index in [1.54, 1.807) is 41.5 Å². The molecule has 0 bridgehead atoms. The summed E-state index contributed by atoms with van der Waals surface area (Å²) >= 11 is 0. The number of hydrogen-bond acceptors (Lipinski definition) is 5. The Morgan fingerprint density at radius 3 is 2.10 bits per heavy atom. The van der Waals surface area contributed by atoms with Crippen molar-refractivity contribution < 1.29 is 25.5 Å². The minimum Gasteiger partial charge on any atom is -0.458 e. The zero-order valence-corrected chi connectivity index (χ0v) is 13.0. The van der Waals surface area contributed by atoms with Gasteiger partial charge in [0.15, 0.2) is 0 Å². The van der Waals surface area contributed by atoms with Crippen molar-refractivity contribution in [2.45, 2.75) is 71.3 Å². The van der Waals surface area contributed by atoms with E-state index in [1.165, 1.54) is 0 Å². The van der Waals surface area contributed by atoms with Crippen molar-refractivity contribution in [2.24, 2.45) is 0 Å². The standard InChI is InChI=1S/C14H25NO5/c1-13(2,3)19-11(17)10-7-9(16)8-15(10)12(18)20-14(4,5)6/h9-10,16H,7-8H2,1-6H3/t9-,10+/m1/s1/i7D/t7-,9-,10+. The lowest BCUT2D eigenvalue weighted by molar-refractivity contribution is -0.160.